The van der Waals surface area contributed by atoms with E-state index in [9.17, 15) is 18.7 Å². The topological polar surface area (TPSA) is 103 Å². The number of hydrogen-bond acceptors (Lipinski definition) is 7. The van der Waals surface area contributed by atoms with Crippen LogP contribution in [0, 0.1) is 25.5 Å². The molecule has 190 valence electrons. The van der Waals surface area contributed by atoms with Crippen LogP contribution in [-0.4, -0.2) is 37.5 Å². The van der Waals surface area contributed by atoms with E-state index in [4.69, 9.17) is 16.3 Å². The summed E-state index contributed by atoms with van der Waals surface area (Å²) in [6, 6.07) is 4.67. The Bertz CT molecular complexity index is 1560. The van der Waals surface area contributed by atoms with Gasteiger partial charge in [0, 0.05) is 30.2 Å². The summed E-state index contributed by atoms with van der Waals surface area (Å²) in [5.41, 5.74) is 0.703. The molecule has 0 unspecified atom stereocenters. The van der Waals surface area contributed by atoms with E-state index >= 15 is 0 Å². The number of aliphatic hydroxyl groups is 1. The molecule has 0 aliphatic heterocycles. The Hall–Kier alpha value is -3.70. The van der Waals surface area contributed by atoms with Crippen LogP contribution in [0.15, 0.2) is 47.7 Å². The smallest absolute Gasteiger partial charge is 0.277 e. The van der Waals surface area contributed by atoms with Crippen LogP contribution in [0.5, 0.6) is 5.75 Å². The normalized spacial score (nSPS) is 12.4. The third-order valence-electron chi connectivity index (χ3n) is 5.61. The van der Waals surface area contributed by atoms with E-state index in [0.29, 0.717) is 34.4 Å². The van der Waals surface area contributed by atoms with Crippen molar-refractivity contribution in [2.75, 3.05) is 0 Å². The van der Waals surface area contributed by atoms with Gasteiger partial charge in [-0.3, -0.25) is 19.3 Å². The van der Waals surface area contributed by atoms with Gasteiger partial charge in [0.1, 0.15) is 33.9 Å². The molecule has 0 aliphatic carbocycles. The van der Waals surface area contributed by atoms with Gasteiger partial charge >= 0.3 is 0 Å². The summed E-state index contributed by atoms with van der Waals surface area (Å²) >= 11 is 6.40. The van der Waals surface area contributed by atoms with Crippen molar-refractivity contribution in [1.29, 1.82) is 0 Å². The van der Waals surface area contributed by atoms with Crippen molar-refractivity contribution in [3.05, 3.63) is 92.6 Å². The second-order valence-corrected chi connectivity index (χ2v) is 9.44. The summed E-state index contributed by atoms with van der Waals surface area (Å²) in [7, 11) is 1.52. The number of aromatic nitrogens is 5. The molecule has 0 fully saturated rings. The molecule has 0 amide bonds. The zero-order chi connectivity index (χ0) is 27.1. The van der Waals surface area contributed by atoms with Crippen LogP contribution in [0.25, 0.3) is 17.1 Å². The molecular formula is C25H23BClF2N5O3. The van der Waals surface area contributed by atoms with Crippen LogP contribution >= 0.6 is 11.6 Å². The Morgan fingerprint density at radius 1 is 1.11 bits per heavy atom. The SMILES string of the molecule is B[C@@H](Oc1cc(C)n(-c2cc(-c3ccnc(C(C)(C)O)n3)ncc2C)c(=O)c1Cl)c1ncc(F)cc1F. The fourth-order valence-corrected chi connectivity index (χ4v) is 3.91. The molecule has 0 aromatic carbocycles. The number of pyridine rings is 3. The molecule has 1 N–H and O–H groups in total. The van der Waals surface area contributed by atoms with Gasteiger partial charge in [0.2, 0.25) is 0 Å². The van der Waals surface area contributed by atoms with Crippen molar-refractivity contribution in [2.45, 2.75) is 39.3 Å². The molecule has 0 aliphatic rings. The van der Waals surface area contributed by atoms with Gasteiger partial charge in [-0.25, -0.2) is 18.7 Å². The number of rotatable bonds is 6. The maximum absolute atomic E-state index is 14.2. The monoisotopic (exact) mass is 525 g/mol. The van der Waals surface area contributed by atoms with E-state index in [1.807, 2.05) is 0 Å². The second-order valence-electron chi connectivity index (χ2n) is 9.07. The molecule has 1 atom stereocenters. The molecule has 4 rings (SSSR count). The molecule has 0 radical (unpaired) electrons. The van der Waals surface area contributed by atoms with Crippen LogP contribution < -0.4 is 10.3 Å². The number of ether oxygens (including phenoxy) is 1. The predicted octanol–water partition coefficient (Wildman–Crippen LogP) is 3.57. The standard InChI is InChI=1S/C25H23BClF2N5O3/c1-12-10-31-17(16-5-6-30-24(33-16)25(3,4)36)9-18(12)34-13(2)7-19(20(27)23(34)35)37-22(26)21-15(29)8-14(28)11-32-21/h5-11,22,36H,26H2,1-4H3/t22-/m0/s1. The highest BCUT2D eigenvalue weighted by atomic mass is 35.5. The maximum Gasteiger partial charge on any atom is 0.277 e. The Morgan fingerprint density at radius 3 is 2.51 bits per heavy atom. The average molecular weight is 526 g/mol. The summed E-state index contributed by atoms with van der Waals surface area (Å²) in [5.74, 6) is -1.41. The van der Waals surface area contributed by atoms with Gasteiger partial charge in [-0.1, -0.05) is 11.6 Å². The minimum absolute atomic E-state index is 0.0380. The minimum Gasteiger partial charge on any atom is -0.492 e. The van der Waals surface area contributed by atoms with Crippen LogP contribution in [0.4, 0.5) is 8.78 Å². The molecule has 0 bridgehead atoms. The van der Waals surface area contributed by atoms with Crippen molar-refractivity contribution in [2.24, 2.45) is 0 Å². The van der Waals surface area contributed by atoms with Gasteiger partial charge in [-0.15, -0.1) is 0 Å². The number of hydrogen-bond donors (Lipinski definition) is 1. The fraction of sp³-hybridized carbons (Fsp3) is 0.240. The van der Waals surface area contributed by atoms with Gasteiger partial charge in [-0.05, 0) is 45.4 Å². The van der Waals surface area contributed by atoms with E-state index in [1.54, 1.807) is 52.1 Å². The third kappa shape index (κ3) is 5.37. The van der Waals surface area contributed by atoms with Crippen molar-refractivity contribution in [3.8, 4) is 22.8 Å². The zero-order valence-corrected chi connectivity index (χ0v) is 21.5. The first kappa shape index (κ1) is 26.4. The highest BCUT2D eigenvalue weighted by Crippen LogP contribution is 2.29. The number of halogens is 3. The lowest BCUT2D eigenvalue weighted by atomic mass is 9.95. The van der Waals surface area contributed by atoms with Crippen molar-refractivity contribution >= 4 is 19.4 Å². The first-order chi connectivity index (χ1) is 17.4. The molecular weight excluding hydrogens is 503 g/mol. The lowest BCUT2D eigenvalue weighted by Gasteiger charge is -2.19. The molecule has 12 heteroatoms. The molecule has 0 spiro atoms. The quantitative estimate of drug-likeness (QED) is 0.384. The Kier molecular flexibility index (Phi) is 7.12. The van der Waals surface area contributed by atoms with Crippen molar-refractivity contribution < 1.29 is 18.6 Å². The lowest BCUT2D eigenvalue weighted by molar-refractivity contribution is 0.0688. The lowest BCUT2D eigenvalue weighted by Crippen LogP contribution is -2.23. The minimum atomic E-state index is -1.25. The first-order valence-electron chi connectivity index (χ1n) is 11.3. The highest BCUT2D eigenvalue weighted by Gasteiger charge is 2.22. The van der Waals surface area contributed by atoms with E-state index in [0.717, 1.165) is 6.20 Å². The Labute approximate surface area is 217 Å². The average Bonchev–Trinajstić information content (AvgIpc) is 2.83. The molecule has 0 saturated carbocycles. The Morgan fingerprint density at radius 2 is 1.84 bits per heavy atom. The maximum atomic E-state index is 14.2. The molecule has 37 heavy (non-hydrogen) atoms. The van der Waals surface area contributed by atoms with E-state index in [-0.39, 0.29) is 22.3 Å². The zero-order valence-electron chi connectivity index (χ0n) is 20.8. The van der Waals surface area contributed by atoms with Crippen molar-refractivity contribution in [3.63, 3.8) is 0 Å². The van der Waals surface area contributed by atoms with E-state index < -0.39 is 28.8 Å². The fourth-order valence-electron chi connectivity index (χ4n) is 3.73. The molecule has 4 aromatic rings. The third-order valence-corrected chi connectivity index (χ3v) is 5.95. The van der Waals surface area contributed by atoms with Gasteiger partial charge < -0.3 is 9.84 Å². The number of aryl methyl sites for hydroxylation is 2. The number of nitrogens with zero attached hydrogens (tertiary/aromatic N) is 5. The molecule has 0 saturated heterocycles. The van der Waals surface area contributed by atoms with Gasteiger partial charge in [0.05, 0.1) is 23.3 Å². The largest absolute Gasteiger partial charge is 0.492 e. The molecule has 4 aromatic heterocycles. The van der Waals surface area contributed by atoms with Gasteiger partial charge in [-0.2, -0.15) is 0 Å². The van der Waals surface area contributed by atoms with Crippen LogP contribution in [0.1, 0.15) is 42.6 Å². The molecule has 4 heterocycles. The highest BCUT2D eigenvalue weighted by molar-refractivity contribution is 6.31. The van der Waals surface area contributed by atoms with E-state index in [1.165, 1.54) is 18.6 Å². The van der Waals surface area contributed by atoms with E-state index in [2.05, 4.69) is 19.9 Å². The summed E-state index contributed by atoms with van der Waals surface area (Å²) in [6.07, 6.45) is 4.01. The summed E-state index contributed by atoms with van der Waals surface area (Å²) < 4.78 is 34.5. The summed E-state index contributed by atoms with van der Waals surface area (Å²) in [5, 5.41) is 10.1. The Balaban J connectivity index is 1.75. The van der Waals surface area contributed by atoms with Gasteiger partial charge in [0.15, 0.2) is 19.5 Å². The predicted molar refractivity (Wildman–Crippen MR) is 137 cm³/mol. The molecule has 8 nitrogen and oxygen atoms in total. The first-order valence-corrected chi connectivity index (χ1v) is 11.7. The second kappa shape index (κ2) is 9.99. The van der Waals surface area contributed by atoms with Gasteiger partial charge in [0.25, 0.3) is 5.56 Å². The van der Waals surface area contributed by atoms with Crippen LogP contribution in [0.2, 0.25) is 5.02 Å². The van der Waals surface area contributed by atoms with Crippen molar-refractivity contribution in [1.82, 2.24) is 24.5 Å². The summed E-state index contributed by atoms with van der Waals surface area (Å²) in [6.45, 7) is 6.65. The van der Waals surface area contributed by atoms with Crippen LogP contribution in [0.3, 0.4) is 0 Å². The van der Waals surface area contributed by atoms with Crippen LogP contribution in [-0.2, 0) is 5.60 Å². The summed E-state index contributed by atoms with van der Waals surface area (Å²) in [4.78, 5) is 30.1.